The molecule has 1 aromatic carbocycles. The summed E-state index contributed by atoms with van der Waals surface area (Å²) in [5, 5.41) is 9.88. The van der Waals surface area contributed by atoms with E-state index in [-0.39, 0.29) is 11.5 Å². The highest BCUT2D eigenvalue weighted by Crippen LogP contribution is 2.25. The summed E-state index contributed by atoms with van der Waals surface area (Å²) in [5.41, 5.74) is 4.91. The second kappa shape index (κ2) is 6.16. The van der Waals surface area contributed by atoms with E-state index >= 15 is 0 Å². The molecule has 2 N–H and O–H groups in total. The van der Waals surface area contributed by atoms with Gasteiger partial charge in [0.1, 0.15) is 0 Å². The lowest BCUT2D eigenvalue weighted by molar-refractivity contribution is -0.114. The van der Waals surface area contributed by atoms with Crippen molar-refractivity contribution in [2.24, 2.45) is 0 Å². The van der Waals surface area contributed by atoms with Crippen LogP contribution in [0.2, 0.25) is 0 Å². The molecule has 6 nitrogen and oxygen atoms in total. The monoisotopic (exact) mass is 322 g/mol. The molecule has 0 aliphatic rings. The van der Waals surface area contributed by atoms with Crippen molar-refractivity contribution in [2.75, 3.05) is 5.32 Å². The van der Waals surface area contributed by atoms with Crippen LogP contribution in [0.25, 0.3) is 16.8 Å². The number of anilines is 1. The van der Waals surface area contributed by atoms with Gasteiger partial charge in [0, 0.05) is 41.7 Å². The van der Waals surface area contributed by atoms with Crippen LogP contribution in [-0.4, -0.2) is 20.7 Å². The number of hydrogen-bond donors (Lipinski definition) is 2. The van der Waals surface area contributed by atoms with Crippen LogP contribution in [0.1, 0.15) is 18.3 Å². The Labute approximate surface area is 139 Å². The topological polar surface area (TPSA) is 79.8 Å². The lowest BCUT2D eigenvalue weighted by atomic mass is 10.1. The summed E-state index contributed by atoms with van der Waals surface area (Å²) in [6.45, 7) is 5.32. The number of amides is 1. The molecule has 0 unspecified atom stereocenters. The number of aryl methyl sites for hydroxylation is 2. The van der Waals surface area contributed by atoms with Gasteiger partial charge in [0.15, 0.2) is 0 Å². The molecule has 2 heterocycles. The minimum absolute atomic E-state index is 0.141. The van der Waals surface area contributed by atoms with Gasteiger partial charge >= 0.3 is 0 Å². The fraction of sp³-hybridized carbons (Fsp3) is 0.167. The Kier molecular flexibility index (Phi) is 4.04. The first-order valence-electron chi connectivity index (χ1n) is 7.58. The van der Waals surface area contributed by atoms with Gasteiger partial charge in [-0.1, -0.05) is 6.07 Å². The molecule has 0 radical (unpaired) electrons. The van der Waals surface area contributed by atoms with E-state index in [4.69, 9.17) is 0 Å². The summed E-state index contributed by atoms with van der Waals surface area (Å²) in [7, 11) is 0. The number of nitrogens with zero attached hydrogens (tertiary/aromatic N) is 2. The minimum atomic E-state index is -0.155. The molecule has 0 aliphatic carbocycles. The third-order valence-corrected chi connectivity index (χ3v) is 3.77. The molecule has 3 rings (SSSR count). The first-order valence-corrected chi connectivity index (χ1v) is 7.58. The van der Waals surface area contributed by atoms with E-state index in [1.54, 1.807) is 35.0 Å². The number of carbonyl (C=O) groups is 1. The molecule has 2 aromatic heterocycles. The number of hydrogen-bond acceptors (Lipinski definition) is 3. The fourth-order valence-corrected chi connectivity index (χ4v) is 2.75. The van der Waals surface area contributed by atoms with Crippen LogP contribution in [-0.2, 0) is 4.79 Å². The Morgan fingerprint density at radius 2 is 2.00 bits per heavy atom. The highest BCUT2D eigenvalue weighted by atomic mass is 16.1. The second-order valence-electron chi connectivity index (χ2n) is 5.67. The molecular formula is C18H18N4O2. The Morgan fingerprint density at radius 1 is 1.21 bits per heavy atom. The smallest absolute Gasteiger partial charge is 0.255 e. The van der Waals surface area contributed by atoms with E-state index in [1.807, 2.05) is 19.9 Å². The van der Waals surface area contributed by atoms with Crippen molar-refractivity contribution in [1.82, 2.24) is 14.8 Å². The summed E-state index contributed by atoms with van der Waals surface area (Å²) in [5.74, 6) is -0.155. The SMILES string of the molecule is CC(=O)Nc1cccc(-n2cc(-c3c(C)n[nH]c3C)ccc2=O)c1. The summed E-state index contributed by atoms with van der Waals surface area (Å²) < 4.78 is 1.56. The van der Waals surface area contributed by atoms with Crippen molar-refractivity contribution >= 4 is 11.6 Å². The van der Waals surface area contributed by atoms with Gasteiger partial charge in [-0.15, -0.1) is 0 Å². The molecular weight excluding hydrogens is 304 g/mol. The third kappa shape index (κ3) is 2.99. The van der Waals surface area contributed by atoms with E-state index in [9.17, 15) is 9.59 Å². The zero-order chi connectivity index (χ0) is 17.3. The molecule has 122 valence electrons. The Balaban J connectivity index is 2.11. The molecule has 6 heteroatoms. The maximum atomic E-state index is 12.3. The molecule has 0 bridgehead atoms. The molecule has 0 saturated carbocycles. The van der Waals surface area contributed by atoms with Gasteiger partial charge in [-0.05, 0) is 38.1 Å². The number of benzene rings is 1. The standard InChI is InChI=1S/C18H18N4O2/c1-11-18(12(2)21-20-11)14-7-8-17(24)22(10-14)16-6-4-5-15(9-16)19-13(3)23/h4-10H,1-3H3,(H,19,23)(H,20,21). The largest absolute Gasteiger partial charge is 0.326 e. The highest BCUT2D eigenvalue weighted by molar-refractivity contribution is 5.88. The molecule has 0 fully saturated rings. The van der Waals surface area contributed by atoms with Crippen LogP contribution < -0.4 is 10.9 Å². The first-order chi connectivity index (χ1) is 11.5. The van der Waals surface area contributed by atoms with Crippen LogP contribution >= 0.6 is 0 Å². The van der Waals surface area contributed by atoms with Gasteiger partial charge < -0.3 is 5.32 Å². The molecule has 0 saturated heterocycles. The number of H-pyrrole nitrogens is 1. The van der Waals surface area contributed by atoms with Crippen molar-refractivity contribution in [3.63, 3.8) is 0 Å². The fourth-order valence-electron chi connectivity index (χ4n) is 2.75. The predicted octanol–water partition coefficient (Wildman–Crippen LogP) is 2.80. The van der Waals surface area contributed by atoms with Gasteiger partial charge in [-0.2, -0.15) is 5.10 Å². The van der Waals surface area contributed by atoms with Crippen LogP contribution in [0.15, 0.2) is 47.4 Å². The van der Waals surface area contributed by atoms with Crippen molar-refractivity contribution in [3.8, 4) is 16.8 Å². The number of aromatic nitrogens is 3. The van der Waals surface area contributed by atoms with Gasteiger partial charge in [0.2, 0.25) is 5.91 Å². The van der Waals surface area contributed by atoms with E-state index in [0.29, 0.717) is 11.4 Å². The third-order valence-electron chi connectivity index (χ3n) is 3.77. The maximum Gasteiger partial charge on any atom is 0.255 e. The number of aromatic amines is 1. The summed E-state index contributed by atoms with van der Waals surface area (Å²) in [6.07, 6.45) is 1.79. The number of nitrogens with one attached hydrogen (secondary N) is 2. The number of pyridine rings is 1. The molecule has 1 amide bonds. The molecule has 3 aromatic rings. The van der Waals surface area contributed by atoms with Gasteiger partial charge in [-0.3, -0.25) is 19.3 Å². The Bertz CT molecular complexity index is 950. The van der Waals surface area contributed by atoms with E-state index in [0.717, 1.165) is 22.5 Å². The second-order valence-corrected chi connectivity index (χ2v) is 5.67. The summed E-state index contributed by atoms with van der Waals surface area (Å²) in [6, 6.07) is 10.5. The minimum Gasteiger partial charge on any atom is -0.326 e. The average Bonchev–Trinajstić information content (AvgIpc) is 2.87. The van der Waals surface area contributed by atoms with Gasteiger partial charge in [0.05, 0.1) is 11.4 Å². The number of carbonyl (C=O) groups excluding carboxylic acids is 1. The molecule has 24 heavy (non-hydrogen) atoms. The average molecular weight is 322 g/mol. The van der Waals surface area contributed by atoms with E-state index in [1.165, 1.54) is 13.0 Å². The quantitative estimate of drug-likeness (QED) is 0.778. The lowest BCUT2D eigenvalue weighted by Gasteiger charge is -2.10. The van der Waals surface area contributed by atoms with Gasteiger partial charge in [0.25, 0.3) is 5.56 Å². The summed E-state index contributed by atoms with van der Waals surface area (Å²) >= 11 is 0. The Morgan fingerprint density at radius 3 is 2.67 bits per heavy atom. The van der Waals surface area contributed by atoms with Crippen LogP contribution in [0, 0.1) is 13.8 Å². The maximum absolute atomic E-state index is 12.3. The zero-order valence-electron chi connectivity index (χ0n) is 13.8. The van der Waals surface area contributed by atoms with Crippen molar-refractivity contribution < 1.29 is 4.79 Å². The Hall–Kier alpha value is -3.15. The lowest BCUT2D eigenvalue weighted by Crippen LogP contribution is -2.17. The van der Waals surface area contributed by atoms with Crippen molar-refractivity contribution in [2.45, 2.75) is 20.8 Å². The van der Waals surface area contributed by atoms with Gasteiger partial charge in [-0.25, -0.2) is 0 Å². The molecule has 0 aliphatic heterocycles. The highest BCUT2D eigenvalue weighted by Gasteiger charge is 2.11. The van der Waals surface area contributed by atoms with Crippen LogP contribution in [0.5, 0.6) is 0 Å². The first kappa shape index (κ1) is 15.7. The van der Waals surface area contributed by atoms with E-state index in [2.05, 4.69) is 15.5 Å². The predicted molar refractivity (Wildman–Crippen MR) is 93.4 cm³/mol. The summed E-state index contributed by atoms with van der Waals surface area (Å²) in [4.78, 5) is 23.5. The normalized spacial score (nSPS) is 10.6. The van der Waals surface area contributed by atoms with Crippen molar-refractivity contribution in [3.05, 3.63) is 64.3 Å². The number of rotatable bonds is 3. The van der Waals surface area contributed by atoms with Crippen LogP contribution in [0.3, 0.4) is 0 Å². The molecule has 0 spiro atoms. The van der Waals surface area contributed by atoms with Crippen molar-refractivity contribution in [1.29, 1.82) is 0 Å². The van der Waals surface area contributed by atoms with E-state index < -0.39 is 0 Å². The van der Waals surface area contributed by atoms with Crippen LogP contribution in [0.4, 0.5) is 5.69 Å². The zero-order valence-corrected chi connectivity index (χ0v) is 13.8. The molecule has 0 atom stereocenters.